The van der Waals surface area contributed by atoms with E-state index in [0.717, 1.165) is 32.4 Å². The Morgan fingerprint density at radius 1 is 1.31 bits per heavy atom. The molecule has 0 amide bonds. The van der Waals surface area contributed by atoms with Gasteiger partial charge in [-0.1, -0.05) is 0 Å². The summed E-state index contributed by atoms with van der Waals surface area (Å²) in [6, 6.07) is 0. The van der Waals surface area contributed by atoms with Crippen LogP contribution in [0.25, 0.3) is 0 Å². The third-order valence-electron chi connectivity index (χ3n) is 2.89. The van der Waals surface area contributed by atoms with Gasteiger partial charge in [0.05, 0.1) is 6.42 Å². The lowest BCUT2D eigenvalue weighted by Gasteiger charge is -2.32. The van der Waals surface area contributed by atoms with Crippen LogP contribution in [0.5, 0.6) is 0 Å². The number of hydrogen-bond acceptors (Lipinski definition) is 2. The zero-order valence-electron chi connectivity index (χ0n) is 9.30. The molecule has 0 radical (unpaired) electrons. The van der Waals surface area contributed by atoms with Gasteiger partial charge in [-0.3, -0.25) is 0 Å². The molecule has 1 fully saturated rings. The first kappa shape index (κ1) is 16.0. The molecular formula is C10H20ClF3N2. The number of alkyl halides is 3. The molecule has 6 heteroatoms. The van der Waals surface area contributed by atoms with Gasteiger partial charge in [0.2, 0.25) is 0 Å². The van der Waals surface area contributed by atoms with Crippen molar-refractivity contribution in [2.24, 2.45) is 11.7 Å². The Labute approximate surface area is 101 Å². The van der Waals surface area contributed by atoms with Crippen molar-refractivity contribution in [1.29, 1.82) is 0 Å². The Morgan fingerprint density at radius 2 is 2.00 bits per heavy atom. The SMILES string of the molecule is Cl.NCCC1CCCN(CCC(F)(F)F)C1. The lowest BCUT2D eigenvalue weighted by Crippen LogP contribution is -2.38. The van der Waals surface area contributed by atoms with Crippen molar-refractivity contribution in [3.63, 3.8) is 0 Å². The molecule has 0 aliphatic carbocycles. The second kappa shape index (κ2) is 7.35. The fourth-order valence-corrected chi connectivity index (χ4v) is 2.11. The highest BCUT2D eigenvalue weighted by molar-refractivity contribution is 5.85. The van der Waals surface area contributed by atoms with Crippen LogP contribution in [0.15, 0.2) is 0 Å². The summed E-state index contributed by atoms with van der Waals surface area (Å²) < 4.78 is 36.0. The van der Waals surface area contributed by atoms with Crippen molar-refractivity contribution < 1.29 is 13.2 Å². The van der Waals surface area contributed by atoms with E-state index in [1.165, 1.54) is 0 Å². The summed E-state index contributed by atoms with van der Waals surface area (Å²) in [5.41, 5.74) is 5.45. The molecule has 2 N–H and O–H groups in total. The fraction of sp³-hybridized carbons (Fsp3) is 1.00. The second-order valence-electron chi connectivity index (χ2n) is 4.25. The zero-order chi connectivity index (χ0) is 11.3. The molecule has 1 aliphatic rings. The van der Waals surface area contributed by atoms with Crippen LogP contribution in [0, 0.1) is 5.92 Å². The third-order valence-corrected chi connectivity index (χ3v) is 2.89. The third kappa shape index (κ3) is 6.55. The minimum Gasteiger partial charge on any atom is -0.330 e. The first-order chi connectivity index (χ1) is 7.01. The van der Waals surface area contributed by atoms with Crippen LogP contribution >= 0.6 is 12.4 Å². The van der Waals surface area contributed by atoms with Gasteiger partial charge < -0.3 is 10.6 Å². The Morgan fingerprint density at radius 3 is 2.56 bits per heavy atom. The molecule has 2 nitrogen and oxygen atoms in total. The van der Waals surface area contributed by atoms with Crippen molar-refractivity contribution in [1.82, 2.24) is 4.90 Å². The highest BCUT2D eigenvalue weighted by atomic mass is 35.5. The largest absolute Gasteiger partial charge is 0.390 e. The lowest BCUT2D eigenvalue weighted by molar-refractivity contribution is -0.138. The molecule has 0 bridgehead atoms. The molecule has 0 saturated carbocycles. The normalized spacial score (nSPS) is 22.9. The number of hydrogen-bond donors (Lipinski definition) is 1. The average Bonchev–Trinajstić information content (AvgIpc) is 2.15. The maximum Gasteiger partial charge on any atom is 0.390 e. The van der Waals surface area contributed by atoms with Crippen LogP contribution in [0.4, 0.5) is 13.2 Å². The van der Waals surface area contributed by atoms with Crippen molar-refractivity contribution in [2.45, 2.75) is 31.9 Å². The van der Waals surface area contributed by atoms with Gasteiger partial charge in [-0.25, -0.2) is 0 Å². The summed E-state index contributed by atoms with van der Waals surface area (Å²) >= 11 is 0. The molecule has 1 atom stereocenters. The van der Waals surface area contributed by atoms with Crippen LogP contribution < -0.4 is 5.73 Å². The molecule has 98 valence electrons. The summed E-state index contributed by atoms with van der Waals surface area (Å²) in [5.74, 6) is 0.497. The monoisotopic (exact) mass is 260 g/mol. The smallest absolute Gasteiger partial charge is 0.330 e. The van der Waals surface area contributed by atoms with Crippen LogP contribution in [-0.4, -0.2) is 37.3 Å². The Balaban J connectivity index is 0.00000225. The minimum atomic E-state index is -4.03. The lowest BCUT2D eigenvalue weighted by atomic mass is 9.95. The van der Waals surface area contributed by atoms with Crippen LogP contribution in [0.3, 0.4) is 0 Å². The van der Waals surface area contributed by atoms with Gasteiger partial charge in [-0.05, 0) is 38.3 Å². The molecule has 1 aliphatic heterocycles. The minimum absolute atomic E-state index is 0. The second-order valence-corrected chi connectivity index (χ2v) is 4.25. The van der Waals surface area contributed by atoms with Gasteiger partial charge in [0.1, 0.15) is 0 Å². The molecule has 1 heterocycles. The Kier molecular flexibility index (Phi) is 7.35. The van der Waals surface area contributed by atoms with E-state index in [1.807, 2.05) is 4.90 Å². The predicted octanol–water partition coefficient (Wildman–Crippen LogP) is 2.42. The predicted molar refractivity (Wildman–Crippen MR) is 60.8 cm³/mol. The van der Waals surface area contributed by atoms with Crippen LogP contribution in [0.2, 0.25) is 0 Å². The number of nitrogens with zero attached hydrogens (tertiary/aromatic N) is 1. The van der Waals surface area contributed by atoms with E-state index in [4.69, 9.17) is 5.73 Å². The summed E-state index contributed by atoms with van der Waals surface area (Å²) in [7, 11) is 0. The van der Waals surface area contributed by atoms with Gasteiger partial charge in [0.25, 0.3) is 0 Å². The number of rotatable bonds is 4. The first-order valence-corrected chi connectivity index (χ1v) is 5.50. The van der Waals surface area contributed by atoms with E-state index >= 15 is 0 Å². The van der Waals surface area contributed by atoms with Gasteiger partial charge in [-0.2, -0.15) is 13.2 Å². The molecule has 0 aromatic carbocycles. The molecular weight excluding hydrogens is 241 g/mol. The maximum absolute atomic E-state index is 12.0. The van der Waals surface area contributed by atoms with Crippen molar-refractivity contribution >= 4 is 12.4 Å². The summed E-state index contributed by atoms with van der Waals surface area (Å²) in [5, 5.41) is 0. The van der Waals surface area contributed by atoms with E-state index < -0.39 is 12.6 Å². The molecule has 1 rings (SSSR count). The number of halogens is 4. The van der Waals surface area contributed by atoms with Crippen molar-refractivity contribution in [2.75, 3.05) is 26.2 Å². The van der Waals surface area contributed by atoms with Crippen LogP contribution in [-0.2, 0) is 0 Å². The molecule has 0 spiro atoms. The Hall–Kier alpha value is -0.0000000000000000555. The Bertz CT molecular complexity index is 185. The summed E-state index contributed by atoms with van der Waals surface area (Å²) in [6.07, 6.45) is -1.67. The topological polar surface area (TPSA) is 29.3 Å². The molecule has 0 aromatic heterocycles. The molecule has 1 saturated heterocycles. The van der Waals surface area contributed by atoms with E-state index in [1.54, 1.807) is 0 Å². The number of piperidine rings is 1. The standard InChI is InChI=1S/C10H19F3N2.ClH/c11-10(12,13)4-7-15-6-1-2-9(8-15)3-5-14;/h9H,1-8,14H2;1H. The number of likely N-dealkylation sites (tertiary alicyclic amines) is 1. The van der Waals surface area contributed by atoms with E-state index in [-0.39, 0.29) is 19.0 Å². The van der Waals surface area contributed by atoms with Gasteiger partial charge >= 0.3 is 6.18 Å². The van der Waals surface area contributed by atoms with Crippen LogP contribution in [0.1, 0.15) is 25.7 Å². The average molecular weight is 261 g/mol. The fourth-order valence-electron chi connectivity index (χ4n) is 2.11. The quantitative estimate of drug-likeness (QED) is 0.841. The zero-order valence-corrected chi connectivity index (χ0v) is 10.1. The summed E-state index contributed by atoms with van der Waals surface area (Å²) in [4.78, 5) is 1.91. The molecule has 0 aromatic rings. The van der Waals surface area contributed by atoms with E-state index in [0.29, 0.717) is 12.5 Å². The van der Waals surface area contributed by atoms with Crippen molar-refractivity contribution in [3.8, 4) is 0 Å². The van der Waals surface area contributed by atoms with Gasteiger partial charge in [-0.15, -0.1) is 12.4 Å². The van der Waals surface area contributed by atoms with Gasteiger partial charge in [0, 0.05) is 13.1 Å². The van der Waals surface area contributed by atoms with Gasteiger partial charge in [0.15, 0.2) is 0 Å². The van der Waals surface area contributed by atoms with Crippen molar-refractivity contribution in [3.05, 3.63) is 0 Å². The summed E-state index contributed by atoms with van der Waals surface area (Å²) in [6.45, 7) is 2.37. The molecule has 16 heavy (non-hydrogen) atoms. The highest BCUT2D eigenvalue weighted by Gasteiger charge is 2.29. The highest BCUT2D eigenvalue weighted by Crippen LogP contribution is 2.23. The molecule has 1 unspecified atom stereocenters. The maximum atomic E-state index is 12.0. The van der Waals surface area contributed by atoms with E-state index in [9.17, 15) is 13.2 Å². The first-order valence-electron chi connectivity index (χ1n) is 5.50. The van der Waals surface area contributed by atoms with E-state index in [2.05, 4.69) is 0 Å². The number of nitrogens with two attached hydrogens (primary N) is 1.